The highest BCUT2D eigenvalue weighted by Gasteiger charge is 2.17. The van der Waals surface area contributed by atoms with E-state index in [1.807, 2.05) is 41.3 Å². The SMILES string of the molecule is CCOC(=O)c1ccc(N2CN=c3s/c(=C/c4ccc(OC)c(OC)c4)c(=O)n3C2)cc1. The number of thiazole rings is 1. The number of fused-ring (bicyclic) bond motifs is 1. The number of hydrogen-bond donors (Lipinski definition) is 0. The Labute approximate surface area is 188 Å². The Bertz CT molecular complexity index is 1310. The van der Waals surface area contributed by atoms with Crippen LogP contribution in [0.25, 0.3) is 6.08 Å². The third kappa shape index (κ3) is 4.24. The summed E-state index contributed by atoms with van der Waals surface area (Å²) in [6, 6.07) is 12.6. The lowest BCUT2D eigenvalue weighted by molar-refractivity contribution is 0.0526. The molecular weight excluding hydrogens is 430 g/mol. The molecule has 1 aliphatic heterocycles. The van der Waals surface area contributed by atoms with Crippen LogP contribution in [0.15, 0.2) is 52.3 Å². The molecule has 0 unspecified atom stereocenters. The molecule has 0 aliphatic carbocycles. The summed E-state index contributed by atoms with van der Waals surface area (Å²) in [5.41, 5.74) is 2.10. The maximum Gasteiger partial charge on any atom is 0.338 e. The van der Waals surface area contributed by atoms with Crippen molar-refractivity contribution in [3.63, 3.8) is 0 Å². The summed E-state index contributed by atoms with van der Waals surface area (Å²) in [7, 11) is 3.16. The molecule has 0 atom stereocenters. The molecule has 2 heterocycles. The maximum atomic E-state index is 13.0. The first-order valence-electron chi connectivity index (χ1n) is 10.0. The summed E-state index contributed by atoms with van der Waals surface area (Å²) < 4.78 is 17.9. The number of carbonyl (C=O) groups excluding carboxylic acids is 1. The summed E-state index contributed by atoms with van der Waals surface area (Å²) in [5.74, 6) is 0.880. The third-order valence-corrected chi connectivity index (χ3v) is 6.07. The third-order valence-electron chi connectivity index (χ3n) is 5.03. The Morgan fingerprint density at radius 1 is 1.12 bits per heavy atom. The highest BCUT2D eigenvalue weighted by atomic mass is 32.1. The van der Waals surface area contributed by atoms with Crippen LogP contribution in [0, 0.1) is 0 Å². The van der Waals surface area contributed by atoms with E-state index >= 15 is 0 Å². The van der Waals surface area contributed by atoms with Gasteiger partial charge in [-0.25, -0.2) is 9.79 Å². The molecule has 0 radical (unpaired) electrons. The van der Waals surface area contributed by atoms with Gasteiger partial charge in [0.15, 0.2) is 16.3 Å². The lowest BCUT2D eigenvalue weighted by Crippen LogP contribution is -2.42. The Morgan fingerprint density at radius 3 is 2.56 bits per heavy atom. The van der Waals surface area contributed by atoms with E-state index in [-0.39, 0.29) is 11.5 Å². The van der Waals surface area contributed by atoms with Gasteiger partial charge in [-0.05, 0) is 55.0 Å². The quantitative estimate of drug-likeness (QED) is 0.531. The van der Waals surface area contributed by atoms with Crippen molar-refractivity contribution in [2.45, 2.75) is 13.6 Å². The highest BCUT2D eigenvalue weighted by molar-refractivity contribution is 7.07. The number of aromatic nitrogens is 1. The van der Waals surface area contributed by atoms with Gasteiger partial charge in [0.05, 0.1) is 30.9 Å². The summed E-state index contributed by atoms with van der Waals surface area (Å²) in [6.07, 6.45) is 1.83. The van der Waals surface area contributed by atoms with Crippen LogP contribution in [-0.4, -0.2) is 38.0 Å². The second-order valence-corrected chi connectivity index (χ2v) is 8.00. The molecule has 0 saturated carbocycles. The Kier molecular flexibility index (Phi) is 6.27. The predicted octanol–water partition coefficient (Wildman–Crippen LogP) is 1.99. The van der Waals surface area contributed by atoms with E-state index in [4.69, 9.17) is 14.2 Å². The molecular formula is C23H23N3O5S. The van der Waals surface area contributed by atoms with Gasteiger partial charge in [-0.3, -0.25) is 9.36 Å². The molecule has 4 rings (SSSR count). The monoisotopic (exact) mass is 453 g/mol. The van der Waals surface area contributed by atoms with Crippen LogP contribution in [0.2, 0.25) is 0 Å². The zero-order valence-electron chi connectivity index (χ0n) is 18.0. The average Bonchev–Trinajstić information content (AvgIpc) is 3.13. The van der Waals surface area contributed by atoms with Crippen molar-refractivity contribution < 1.29 is 19.0 Å². The molecule has 32 heavy (non-hydrogen) atoms. The molecule has 1 aromatic heterocycles. The first-order chi connectivity index (χ1) is 15.5. The number of carbonyl (C=O) groups is 1. The Balaban J connectivity index is 1.60. The van der Waals surface area contributed by atoms with Gasteiger partial charge in [-0.1, -0.05) is 17.4 Å². The molecule has 8 nitrogen and oxygen atoms in total. The minimum Gasteiger partial charge on any atom is -0.493 e. The summed E-state index contributed by atoms with van der Waals surface area (Å²) in [4.78, 5) is 32.1. The number of benzene rings is 2. The van der Waals surface area contributed by atoms with Gasteiger partial charge in [0.1, 0.15) is 13.3 Å². The molecule has 0 spiro atoms. The average molecular weight is 454 g/mol. The molecule has 166 valence electrons. The predicted molar refractivity (Wildman–Crippen MR) is 122 cm³/mol. The highest BCUT2D eigenvalue weighted by Crippen LogP contribution is 2.27. The molecule has 1 aliphatic rings. The largest absolute Gasteiger partial charge is 0.493 e. The van der Waals surface area contributed by atoms with Crippen molar-refractivity contribution in [1.82, 2.24) is 4.57 Å². The topological polar surface area (TPSA) is 82.4 Å². The lowest BCUT2D eigenvalue weighted by atomic mass is 10.2. The van der Waals surface area contributed by atoms with E-state index in [2.05, 4.69) is 4.99 Å². The van der Waals surface area contributed by atoms with Crippen LogP contribution in [0.5, 0.6) is 11.5 Å². The van der Waals surface area contributed by atoms with E-state index in [9.17, 15) is 9.59 Å². The fourth-order valence-electron chi connectivity index (χ4n) is 3.39. The normalized spacial score (nSPS) is 13.3. The minimum absolute atomic E-state index is 0.101. The van der Waals surface area contributed by atoms with Crippen LogP contribution in [0.1, 0.15) is 22.8 Å². The summed E-state index contributed by atoms with van der Waals surface area (Å²) in [6.45, 7) is 2.91. The van der Waals surface area contributed by atoms with Crippen LogP contribution in [-0.2, 0) is 11.4 Å². The summed E-state index contributed by atoms with van der Waals surface area (Å²) >= 11 is 1.36. The number of anilines is 1. The zero-order valence-corrected chi connectivity index (χ0v) is 18.8. The fraction of sp³-hybridized carbons (Fsp3) is 0.261. The van der Waals surface area contributed by atoms with Gasteiger partial charge >= 0.3 is 5.97 Å². The van der Waals surface area contributed by atoms with Crippen LogP contribution >= 0.6 is 11.3 Å². The van der Waals surface area contributed by atoms with Crippen molar-refractivity contribution in [2.75, 3.05) is 32.4 Å². The lowest BCUT2D eigenvalue weighted by Gasteiger charge is -2.25. The standard InChI is InChI=1S/C23H23N3O5S/c1-4-31-22(28)16-6-8-17(9-7-16)25-13-24-23-26(14-25)21(27)20(32-23)12-15-5-10-18(29-2)19(11-15)30-3/h5-12H,4,13-14H2,1-3H3/b20-12+. The van der Waals surface area contributed by atoms with Gasteiger partial charge in [-0.2, -0.15) is 0 Å². The fourth-order valence-corrected chi connectivity index (χ4v) is 4.35. The second kappa shape index (κ2) is 9.27. The van der Waals surface area contributed by atoms with E-state index in [0.29, 0.717) is 46.3 Å². The molecule has 0 saturated heterocycles. The van der Waals surface area contributed by atoms with Gasteiger partial charge in [-0.15, -0.1) is 0 Å². The number of rotatable bonds is 6. The van der Waals surface area contributed by atoms with Crippen molar-refractivity contribution >= 4 is 29.1 Å². The van der Waals surface area contributed by atoms with Gasteiger partial charge in [0.25, 0.3) is 5.56 Å². The zero-order chi connectivity index (χ0) is 22.7. The molecule has 0 amide bonds. The van der Waals surface area contributed by atoms with Crippen LogP contribution in [0.4, 0.5) is 5.69 Å². The van der Waals surface area contributed by atoms with E-state index in [1.54, 1.807) is 37.8 Å². The number of methoxy groups -OCH3 is 2. The number of esters is 1. The van der Waals surface area contributed by atoms with Crippen molar-refractivity contribution in [1.29, 1.82) is 0 Å². The number of ether oxygens (including phenoxy) is 3. The molecule has 9 heteroatoms. The van der Waals surface area contributed by atoms with Crippen molar-refractivity contribution in [3.05, 3.63) is 73.3 Å². The Hall–Kier alpha value is -3.59. The van der Waals surface area contributed by atoms with Crippen LogP contribution < -0.4 is 29.3 Å². The second-order valence-electron chi connectivity index (χ2n) is 6.99. The van der Waals surface area contributed by atoms with E-state index in [1.165, 1.54) is 11.3 Å². The van der Waals surface area contributed by atoms with Gasteiger partial charge in [0.2, 0.25) is 0 Å². The van der Waals surface area contributed by atoms with E-state index in [0.717, 1.165) is 11.3 Å². The summed E-state index contributed by atoms with van der Waals surface area (Å²) in [5, 5.41) is 0. The van der Waals surface area contributed by atoms with Crippen molar-refractivity contribution in [3.8, 4) is 11.5 Å². The smallest absolute Gasteiger partial charge is 0.338 e. The Morgan fingerprint density at radius 2 is 1.88 bits per heavy atom. The number of nitrogens with zero attached hydrogens (tertiary/aromatic N) is 3. The number of hydrogen-bond acceptors (Lipinski definition) is 8. The minimum atomic E-state index is -0.353. The van der Waals surface area contributed by atoms with E-state index < -0.39 is 0 Å². The first kappa shape index (κ1) is 21.6. The molecule has 0 bridgehead atoms. The molecule has 0 fully saturated rings. The van der Waals surface area contributed by atoms with Crippen molar-refractivity contribution in [2.24, 2.45) is 4.99 Å². The maximum absolute atomic E-state index is 13.0. The van der Waals surface area contributed by atoms with Gasteiger partial charge < -0.3 is 19.1 Å². The molecule has 2 aromatic carbocycles. The first-order valence-corrected chi connectivity index (χ1v) is 10.9. The van der Waals surface area contributed by atoms with Gasteiger partial charge in [0, 0.05) is 5.69 Å². The molecule has 0 N–H and O–H groups in total. The molecule has 3 aromatic rings. The van der Waals surface area contributed by atoms with Crippen LogP contribution in [0.3, 0.4) is 0 Å².